The van der Waals surface area contributed by atoms with Gasteiger partial charge in [0.25, 0.3) is 5.69 Å². The van der Waals surface area contributed by atoms with Gasteiger partial charge in [-0.15, -0.1) is 0 Å². The van der Waals surface area contributed by atoms with Crippen molar-refractivity contribution < 1.29 is 18.1 Å². The van der Waals surface area contributed by atoms with E-state index >= 15 is 0 Å². The maximum atomic E-state index is 11.7. The van der Waals surface area contributed by atoms with Crippen molar-refractivity contribution in [1.82, 2.24) is 5.43 Å². The molecule has 24 heavy (non-hydrogen) atoms. The number of sulfone groups is 1. The van der Waals surface area contributed by atoms with Gasteiger partial charge in [-0.2, -0.15) is 5.10 Å². The molecule has 0 aliphatic carbocycles. The second-order valence-electron chi connectivity index (χ2n) is 5.46. The summed E-state index contributed by atoms with van der Waals surface area (Å²) >= 11 is 0. The molecule has 0 unspecified atom stereocenters. The Bertz CT molecular complexity index is 786. The number of nitro groups is 1. The molecule has 1 atom stereocenters. The lowest BCUT2D eigenvalue weighted by Crippen LogP contribution is -2.21. The molecular weight excluding hydrogens is 334 g/mol. The number of rotatable bonds is 6. The van der Waals surface area contributed by atoms with Crippen LogP contribution in [-0.2, 0) is 14.6 Å². The molecule has 1 fully saturated rings. The Morgan fingerprint density at radius 3 is 2.83 bits per heavy atom. The van der Waals surface area contributed by atoms with Gasteiger partial charge < -0.3 is 0 Å². The van der Waals surface area contributed by atoms with Crippen LogP contribution in [0.4, 0.5) is 5.69 Å². The minimum atomic E-state index is -3.00. The standard InChI is InChI=1S/C15H17N3O5S/c19-15(10-12-7-9-24(22,23)11-12)17-16-8-3-5-13-4-1-2-6-14(13)18(20)21/h1-6,8,12H,7,9-11H2,(H,17,19)/b5-3+,16-8-/t12-/m0/s1. The molecule has 1 heterocycles. The van der Waals surface area contributed by atoms with Crippen molar-refractivity contribution in [3.8, 4) is 0 Å². The number of hydrogen-bond donors (Lipinski definition) is 1. The van der Waals surface area contributed by atoms with E-state index in [1.54, 1.807) is 18.2 Å². The summed E-state index contributed by atoms with van der Waals surface area (Å²) in [6, 6.07) is 6.25. The number of amides is 1. The van der Waals surface area contributed by atoms with E-state index < -0.39 is 14.8 Å². The van der Waals surface area contributed by atoms with Crippen molar-refractivity contribution >= 4 is 33.7 Å². The number of nitrogens with zero attached hydrogens (tertiary/aromatic N) is 2. The molecule has 9 heteroatoms. The highest BCUT2D eigenvalue weighted by molar-refractivity contribution is 7.91. The van der Waals surface area contributed by atoms with Gasteiger partial charge in [-0.05, 0) is 30.6 Å². The van der Waals surface area contributed by atoms with Gasteiger partial charge in [0.05, 0.1) is 22.0 Å². The summed E-state index contributed by atoms with van der Waals surface area (Å²) in [5.74, 6) is -0.339. The van der Waals surface area contributed by atoms with Crippen molar-refractivity contribution in [3.63, 3.8) is 0 Å². The lowest BCUT2D eigenvalue weighted by atomic mass is 10.1. The first kappa shape index (κ1) is 17.8. The van der Waals surface area contributed by atoms with Gasteiger partial charge in [0.2, 0.25) is 5.91 Å². The number of carbonyl (C=O) groups excluding carboxylic acids is 1. The molecule has 0 bridgehead atoms. The average Bonchev–Trinajstić information content (AvgIpc) is 2.86. The topological polar surface area (TPSA) is 119 Å². The van der Waals surface area contributed by atoms with Crippen LogP contribution in [0.3, 0.4) is 0 Å². The Morgan fingerprint density at radius 2 is 2.17 bits per heavy atom. The van der Waals surface area contributed by atoms with Gasteiger partial charge in [-0.3, -0.25) is 14.9 Å². The Kier molecular flexibility index (Phi) is 5.80. The molecular formula is C15H17N3O5S. The maximum absolute atomic E-state index is 11.7. The fourth-order valence-corrected chi connectivity index (χ4v) is 4.30. The van der Waals surface area contributed by atoms with Gasteiger partial charge in [-0.1, -0.05) is 12.1 Å². The predicted molar refractivity (Wildman–Crippen MR) is 90.1 cm³/mol. The van der Waals surface area contributed by atoms with E-state index in [-0.39, 0.29) is 35.4 Å². The highest BCUT2D eigenvalue weighted by Gasteiger charge is 2.29. The maximum Gasteiger partial charge on any atom is 0.276 e. The van der Waals surface area contributed by atoms with E-state index in [4.69, 9.17) is 0 Å². The normalized spacial score (nSPS) is 19.8. The molecule has 0 aromatic heterocycles. The van der Waals surface area contributed by atoms with Crippen LogP contribution in [0, 0.1) is 16.0 Å². The van der Waals surface area contributed by atoms with Crippen molar-refractivity contribution in [2.24, 2.45) is 11.0 Å². The van der Waals surface area contributed by atoms with Crippen LogP contribution in [-0.4, -0.2) is 37.0 Å². The zero-order valence-electron chi connectivity index (χ0n) is 12.8. The summed E-state index contributed by atoms with van der Waals surface area (Å²) in [7, 11) is -3.00. The Hall–Kier alpha value is -2.55. The molecule has 1 N–H and O–H groups in total. The number of nitrogens with one attached hydrogen (secondary N) is 1. The molecule has 1 amide bonds. The van der Waals surface area contributed by atoms with Crippen LogP contribution < -0.4 is 5.43 Å². The SMILES string of the molecule is O=C(C[C@@H]1CCS(=O)(=O)C1)N/N=C\C=C\c1ccccc1[N+](=O)[O-]. The second kappa shape index (κ2) is 7.82. The number of carbonyl (C=O) groups is 1. The highest BCUT2D eigenvalue weighted by atomic mass is 32.2. The lowest BCUT2D eigenvalue weighted by molar-refractivity contribution is -0.385. The number of hydrazone groups is 1. The summed E-state index contributed by atoms with van der Waals surface area (Å²) in [5, 5.41) is 14.6. The number of benzene rings is 1. The Morgan fingerprint density at radius 1 is 1.42 bits per heavy atom. The fourth-order valence-electron chi connectivity index (χ4n) is 2.43. The summed E-state index contributed by atoms with van der Waals surface area (Å²) in [6.45, 7) is 0. The number of allylic oxidation sites excluding steroid dienone is 1. The van der Waals surface area contributed by atoms with Gasteiger partial charge in [-0.25, -0.2) is 13.8 Å². The molecule has 0 spiro atoms. The number of para-hydroxylation sites is 1. The van der Waals surface area contributed by atoms with Crippen molar-refractivity contribution in [2.75, 3.05) is 11.5 Å². The second-order valence-corrected chi connectivity index (χ2v) is 7.69. The van der Waals surface area contributed by atoms with E-state index in [9.17, 15) is 23.3 Å². The van der Waals surface area contributed by atoms with Crippen LogP contribution in [0.1, 0.15) is 18.4 Å². The van der Waals surface area contributed by atoms with Crippen LogP contribution in [0.5, 0.6) is 0 Å². The zero-order valence-corrected chi connectivity index (χ0v) is 13.6. The van der Waals surface area contributed by atoms with Gasteiger partial charge in [0.15, 0.2) is 9.84 Å². The average molecular weight is 351 g/mol. The van der Waals surface area contributed by atoms with E-state index in [1.165, 1.54) is 24.4 Å². The van der Waals surface area contributed by atoms with Crippen molar-refractivity contribution in [1.29, 1.82) is 0 Å². The third kappa shape index (κ3) is 5.27. The summed E-state index contributed by atoms with van der Waals surface area (Å²) in [5.41, 5.74) is 2.72. The quantitative estimate of drug-likeness (QED) is 0.473. The zero-order chi connectivity index (χ0) is 17.6. The summed E-state index contributed by atoms with van der Waals surface area (Å²) in [6.07, 6.45) is 4.90. The van der Waals surface area contributed by atoms with Crippen LogP contribution >= 0.6 is 0 Å². The minimum Gasteiger partial charge on any atom is -0.273 e. The molecule has 0 saturated carbocycles. The van der Waals surface area contributed by atoms with Crippen LogP contribution in [0.15, 0.2) is 35.4 Å². The van der Waals surface area contributed by atoms with Crippen LogP contribution in [0.2, 0.25) is 0 Å². The number of nitro benzene ring substituents is 1. The lowest BCUT2D eigenvalue weighted by Gasteiger charge is -2.04. The smallest absolute Gasteiger partial charge is 0.273 e. The van der Waals surface area contributed by atoms with E-state index in [1.807, 2.05) is 0 Å². The van der Waals surface area contributed by atoms with Gasteiger partial charge >= 0.3 is 0 Å². The molecule has 2 rings (SSSR count). The first-order valence-corrected chi connectivity index (χ1v) is 9.12. The molecule has 0 radical (unpaired) electrons. The number of hydrogen-bond acceptors (Lipinski definition) is 6. The van der Waals surface area contributed by atoms with Gasteiger partial charge in [0, 0.05) is 18.7 Å². The van der Waals surface area contributed by atoms with Crippen molar-refractivity contribution in [3.05, 3.63) is 46.0 Å². The molecule has 1 saturated heterocycles. The van der Waals surface area contributed by atoms with E-state index in [2.05, 4.69) is 10.5 Å². The molecule has 128 valence electrons. The van der Waals surface area contributed by atoms with E-state index in [0.717, 1.165) is 0 Å². The predicted octanol–water partition coefficient (Wildman–Crippen LogP) is 1.53. The molecule has 1 aromatic rings. The largest absolute Gasteiger partial charge is 0.276 e. The highest BCUT2D eigenvalue weighted by Crippen LogP contribution is 2.21. The first-order chi connectivity index (χ1) is 11.4. The van der Waals surface area contributed by atoms with E-state index in [0.29, 0.717) is 12.0 Å². The molecule has 1 aromatic carbocycles. The van der Waals surface area contributed by atoms with Crippen LogP contribution in [0.25, 0.3) is 6.08 Å². The Labute approximate surface area is 139 Å². The Balaban J connectivity index is 1.82. The molecule has 8 nitrogen and oxygen atoms in total. The summed E-state index contributed by atoms with van der Waals surface area (Å²) in [4.78, 5) is 22.0. The monoisotopic (exact) mass is 351 g/mol. The third-order valence-electron chi connectivity index (χ3n) is 3.56. The fraction of sp³-hybridized carbons (Fsp3) is 0.333. The van der Waals surface area contributed by atoms with Gasteiger partial charge in [0.1, 0.15) is 0 Å². The molecule has 1 aliphatic heterocycles. The summed E-state index contributed by atoms with van der Waals surface area (Å²) < 4.78 is 22.6. The minimum absolute atomic E-state index is 0.0198. The molecule has 1 aliphatic rings. The van der Waals surface area contributed by atoms with Crippen molar-refractivity contribution in [2.45, 2.75) is 12.8 Å². The third-order valence-corrected chi connectivity index (χ3v) is 5.40. The first-order valence-electron chi connectivity index (χ1n) is 7.30.